The number of ether oxygens (including phenoxy) is 3. The van der Waals surface area contributed by atoms with Crippen LogP contribution in [0.3, 0.4) is 0 Å². The van der Waals surface area contributed by atoms with Crippen LogP contribution in [0.25, 0.3) is 0 Å². The topological polar surface area (TPSA) is 111 Å². The van der Waals surface area contributed by atoms with Gasteiger partial charge in [0, 0.05) is 18.8 Å². The quantitative estimate of drug-likeness (QED) is 0.622. The molecule has 0 spiro atoms. The molecule has 2 aromatic carbocycles. The number of morpholine rings is 1. The number of hydrogen-bond donors (Lipinski definition) is 1. The second-order valence-corrected chi connectivity index (χ2v) is 8.83. The third kappa shape index (κ3) is 5.42. The van der Waals surface area contributed by atoms with Crippen LogP contribution in [0.5, 0.6) is 5.75 Å². The molecule has 1 saturated heterocycles. The maximum absolute atomic E-state index is 14.3. The summed E-state index contributed by atoms with van der Waals surface area (Å²) in [5.41, 5.74) is 0.279. The summed E-state index contributed by atoms with van der Waals surface area (Å²) in [4.78, 5) is 24.2. The van der Waals surface area contributed by atoms with Crippen molar-refractivity contribution in [3.05, 3.63) is 53.8 Å². The lowest BCUT2D eigenvalue weighted by Crippen LogP contribution is -2.41. The summed E-state index contributed by atoms with van der Waals surface area (Å²) in [7, 11) is -2.64. The minimum Gasteiger partial charge on any atom is -0.497 e. The second kappa shape index (κ2) is 10.1. The van der Waals surface area contributed by atoms with Crippen molar-refractivity contribution in [3.63, 3.8) is 0 Å². The summed E-state index contributed by atoms with van der Waals surface area (Å²) >= 11 is 0. The van der Waals surface area contributed by atoms with Crippen LogP contribution in [0.15, 0.2) is 47.4 Å². The third-order valence-electron chi connectivity index (χ3n) is 4.77. The first kappa shape index (κ1) is 23.6. The molecule has 172 valence electrons. The van der Waals surface area contributed by atoms with E-state index < -0.39 is 38.7 Å². The molecule has 1 N–H and O–H groups in total. The van der Waals surface area contributed by atoms with E-state index >= 15 is 0 Å². The lowest BCUT2D eigenvalue weighted by Gasteiger charge is -2.26. The Labute approximate surface area is 185 Å². The number of amides is 1. The number of rotatable bonds is 7. The molecule has 1 unspecified atom stereocenters. The lowest BCUT2D eigenvalue weighted by molar-refractivity contribution is -0.123. The minimum atomic E-state index is -4.16. The van der Waals surface area contributed by atoms with Crippen LogP contribution < -0.4 is 10.1 Å². The van der Waals surface area contributed by atoms with Gasteiger partial charge in [-0.2, -0.15) is 4.31 Å². The van der Waals surface area contributed by atoms with Crippen LogP contribution in [0.2, 0.25) is 0 Å². The van der Waals surface area contributed by atoms with Gasteiger partial charge in [0.25, 0.3) is 5.91 Å². The monoisotopic (exact) mass is 466 g/mol. The molecule has 0 radical (unpaired) electrons. The number of nitrogens with one attached hydrogen (secondary N) is 1. The Morgan fingerprint density at radius 1 is 1.12 bits per heavy atom. The zero-order valence-corrected chi connectivity index (χ0v) is 18.4. The SMILES string of the molecule is COc1ccc(NC(=O)C(C)OC(=O)c2ccc(F)c(S(=O)(=O)N3CCOCC3)c2)cc1. The van der Waals surface area contributed by atoms with E-state index in [1.165, 1.54) is 14.0 Å². The van der Waals surface area contributed by atoms with Gasteiger partial charge in [-0.1, -0.05) is 0 Å². The van der Waals surface area contributed by atoms with E-state index in [1.807, 2.05) is 0 Å². The molecule has 11 heteroatoms. The summed E-state index contributed by atoms with van der Waals surface area (Å²) in [6, 6.07) is 9.44. The predicted octanol–water partition coefficient (Wildman–Crippen LogP) is 2.04. The average Bonchev–Trinajstić information content (AvgIpc) is 2.80. The van der Waals surface area contributed by atoms with E-state index in [9.17, 15) is 22.4 Å². The molecule has 1 atom stereocenters. The van der Waals surface area contributed by atoms with Crippen molar-refractivity contribution in [1.82, 2.24) is 4.31 Å². The Morgan fingerprint density at radius 2 is 1.78 bits per heavy atom. The van der Waals surface area contributed by atoms with Gasteiger partial charge in [-0.3, -0.25) is 4.79 Å². The van der Waals surface area contributed by atoms with Crippen molar-refractivity contribution >= 4 is 27.6 Å². The number of hydrogen-bond acceptors (Lipinski definition) is 7. The zero-order valence-electron chi connectivity index (χ0n) is 17.5. The fourth-order valence-corrected chi connectivity index (χ4v) is 4.45. The zero-order chi connectivity index (χ0) is 23.3. The average molecular weight is 466 g/mol. The van der Waals surface area contributed by atoms with Crippen molar-refractivity contribution in [3.8, 4) is 5.75 Å². The van der Waals surface area contributed by atoms with Crippen molar-refractivity contribution in [2.45, 2.75) is 17.9 Å². The van der Waals surface area contributed by atoms with Crippen LogP contribution >= 0.6 is 0 Å². The van der Waals surface area contributed by atoms with Gasteiger partial charge in [-0.25, -0.2) is 17.6 Å². The maximum Gasteiger partial charge on any atom is 0.338 e. The van der Waals surface area contributed by atoms with E-state index in [2.05, 4.69) is 5.32 Å². The van der Waals surface area contributed by atoms with Gasteiger partial charge in [0.05, 0.1) is 25.9 Å². The number of carbonyl (C=O) groups excluding carboxylic acids is 2. The summed E-state index contributed by atoms with van der Waals surface area (Å²) < 4.78 is 56.2. The summed E-state index contributed by atoms with van der Waals surface area (Å²) in [5, 5.41) is 2.59. The highest BCUT2D eigenvalue weighted by Crippen LogP contribution is 2.22. The first-order valence-electron chi connectivity index (χ1n) is 9.75. The Hall–Kier alpha value is -3.02. The normalized spacial score (nSPS) is 15.6. The molecule has 9 nitrogen and oxygen atoms in total. The molecular weight excluding hydrogens is 443 g/mol. The molecule has 0 aliphatic carbocycles. The van der Waals surface area contributed by atoms with Crippen molar-refractivity contribution in [2.75, 3.05) is 38.7 Å². The van der Waals surface area contributed by atoms with Gasteiger partial charge in [0.15, 0.2) is 6.10 Å². The van der Waals surface area contributed by atoms with E-state index in [4.69, 9.17) is 14.2 Å². The van der Waals surface area contributed by atoms with Gasteiger partial charge in [-0.05, 0) is 49.4 Å². The molecular formula is C21H23FN2O7S. The maximum atomic E-state index is 14.3. The predicted molar refractivity (Wildman–Crippen MR) is 112 cm³/mol. The van der Waals surface area contributed by atoms with Gasteiger partial charge in [-0.15, -0.1) is 0 Å². The summed E-state index contributed by atoms with van der Waals surface area (Å²) in [6.45, 7) is 1.93. The summed E-state index contributed by atoms with van der Waals surface area (Å²) in [6.07, 6.45) is -1.19. The van der Waals surface area contributed by atoms with E-state index in [-0.39, 0.29) is 31.9 Å². The highest BCUT2D eigenvalue weighted by molar-refractivity contribution is 7.89. The fourth-order valence-electron chi connectivity index (χ4n) is 2.95. The van der Waals surface area contributed by atoms with Crippen molar-refractivity contribution < 1.29 is 36.6 Å². The molecule has 0 aromatic heterocycles. The smallest absolute Gasteiger partial charge is 0.338 e. The van der Waals surface area contributed by atoms with E-state index in [0.717, 1.165) is 22.5 Å². The highest BCUT2D eigenvalue weighted by atomic mass is 32.2. The fraction of sp³-hybridized carbons (Fsp3) is 0.333. The number of benzene rings is 2. The molecule has 1 aliphatic rings. The molecule has 3 rings (SSSR count). The number of nitrogens with zero attached hydrogens (tertiary/aromatic N) is 1. The number of esters is 1. The molecule has 1 heterocycles. The van der Waals surface area contributed by atoms with Crippen LogP contribution in [0.4, 0.5) is 10.1 Å². The molecule has 1 aliphatic heterocycles. The van der Waals surface area contributed by atoms with E-state index in [0.29, 0.717) is 11.4 Å². The van der Waals surface area contributed by atoms with Crippen LogP contribution in [0, 0.1) is 5.82 Å². The lowest BCUT2D eigenvalue weighted by atomic mass is 10.2. The third-order valence-corrected chi connectivity index (χ3v) is 6.68. The number of methoxy groups -OCH3 is 1. The number of anilines is 1. The molecule has 32 heavy (non-hydrogen) atoms. The first-order valence-corrected chi connectivity index (χ1v) is 11.2. The van der Waals surface area contributed by atoms with Crippen molar-refractivity contribution in [2.24, 2.45) is 0 Å². The molecule has 0 bridgehead atoms. The number of carbonyl (C=O) groups is 2. The Bertz CT molecular complexity index is 1080. The first-order chi connectivity index (χ1) is 15.2. The van der Waals surface area contributed by atoms with Crippen LogP contribution in [0.1, 0.15) is 17.3 Å². The number of sulfonamides is 1. The standard InChI is InChI=1S/C21H23FN2O7S/c1-14(20(25)23-16-4-6-17(29-2)7-5-16)31-21(26)15-3-8-18(22)19(13-15)32(27,28)24-9-11-30-12-10-24/h3-8,13-14H,9-12H2,1-2H3,(H,23,25). The second-order valence-electron chi connectivity index (χ2n) is 6.93. The molecule has 2 aromatic rings. The van der Waals surface area contributed by atoms with Crippen LogP contribution in [-0.2, 0) is 24.3 Å². The van der Waals surface area contributed by atoms with Crippen LogP contribution in [-0.4, -0.2) is 64.1 Å². The van der Waals surface area contributed by atoms with Gasteiger partial charge >= 0.3 is 5.97 Å². The largest absolute Gasteiger partial charge is 0.497 e. The Morgan fingerprint density at radius 3 is 2.41 bits per heavy atom. The molecule has 1 amide bonds. The Balaban J connectivity index is 1.70. The van der Waals surface area contributed by atoms with E-state index in [1.54, 1.807) is 24.3 Å². The van der Waals surface area contributed by atoms with Gasteiger partial charge in [0.2, 0.25) is 10.0 Å². The number of halogens is 1. The molecule has 0 saturated carbocycles. The summed E-state index contributed by atoms with van der Waals surface area (Å²) in [5.74, 6) is -1.92. The Kier molecular flexibility index (Phi) is 7.44. The molecule has 1 fully saturated rings. The van der Waals surface area contributed by atoms with Gasteiger partial charge < -0.3 is 19.5 Å². The van der Waals surface area contributed by atoms with Gasteiger partial charge in [0.1, 0.15) is 16.5 Å². The minimum absolute atomic E-state index is 0.0824. The van der Waals surface area contributed by atoms with Crippen molar-refractivity contribution in [1.29, 1.82) is 0 Å². The highest BCUT2D eigenvalue weighted by Gasteiger charge is 2.30.